The van der Waals surface area contributed by atoms with Crippen molar-refractivity contribution in [3.63, 3.8) is 0 Å². The lowest BCUT2D eigenvalue weighted by Gasteiger charge is -2.11. The number of aryl methyl sites for hydroxylation is 1. The van der Waals surface area contributed by atoms with Crippen LogP contribution < -0.4 is 5.32 Å². The highest BCUT2D eigenvalue weighted by molar-refractivity contribution is 5.65. The van der Waals surface area contributed by atoms with Gasteiger partial charge in [-0.15, -0.1) is 10.2 Å². The third-order valence-corrected chi connectivity index (χ3v) is 3.04. The number of nitrogens with one attached hydrogen (secondary N) is 1. The zero-order valence-corrected chi connectivity index (χ0v) is 11.4. The molecule has 18 heavy (non-hydrogen) atoms. The van der Waals surface area contributed by atoms with E-state index in [1.807, 2.05) is 19.4 Å². The van der Waals surface area contributed by atoms with Crippen molar-refractivity contribution >= 4 is 5.82 Å². The Labute approximate surface area is 107 Å². The Kier molecular flexibility index (Phi) is 3.60. The quantitative estimate of drug-likeness (QED) is 0.898. The second kappa shape index (κ2) is 5.16. The smallest absolute Gasteiger partial charge is 0.151 e. The summed E-state index contributed by atoms with van der Waals surface area (Å²) in [5.74, 6) is 0.877. The van der Waals surface area contributed by atoms with Crippen molar-refractivity contribution in [3.05, 3.63) is 23.5 Å². The van der Waals surface area contributed by atoms with Crippen molar-refractivity contribution in [2.24, 2.45) is 7.05 Å². The third-order valence-electron chi connectivity index (χ3n) is 3.04. The molecule has 0 amide bonds. The van der Waals surface area contributed by atoms with Crippen LogP contribution in [0, 0.1) is 13.8 Å². The van der Waals surface area contributed by atoms with Gasteiger partial charge in [0.15, 0.2) is 5.82 Å². The van der Waals surface area contributed by atoms with Gasteiger partial charge in [0, 0.05) is 25.4 Å². The van der Waals surface area contributed by atoms with Gasteiger partial charge in [0.05, 0.1) is 11.9 Å². The van der Waals surface area contributed by atoms with Crippen molar-refractivity contribution < 1.29 is 0 Å². The maximum absolute atomic E-state index is 4.31. The molecule has 0 aliphatic carbocycles. The van der Waals surface area contributed by atoms with E-state index in [4.69, 9.17) is 0 Å². The van der Waals surface area contributed by atoms with Crippen molar-refractivity contribution in [2.45, 2.75) is 27.2 Å². The minimum Gasteiger partial charge on any atom is -0.368 e. The minimum absolute atomic E-state index is 0.877. The molecule has 0 fully saturated rings. The molecule has 0 spiro atoms. The Morgan fingerprint density at radius 3 is 2.61 bits per heavy atom. The minimum atomic E-state index is 0.877. The summed E-state index contributed by atoms with van der Waals surface area (Å²) in [6.45, 7) is 7.19. The summed E-state index contributed by atoms with van der Waals surface area (Å²) in [4.78, 5) is 0. The summed E-state index contributed by atoms with van der Waals surface area (Å²) >= 11 is 0. The van der Waals surface area contributed by atoms with E-state index in [0.717, 1.165) is 41.2 Å². The first-order valence-corrected chi connectivity index (χ1v) is 6.20. The van der Waals surface area contributed by atoms with Gasteiger partial charge in [-0.05, 0) is 31.4 Å². The first kappa shape index (κ1) is 12.5. The maximum Gasteiger partial charge on any atom is 0.151 e. The second-order valence-electron chi connectivity index (χ2n) is 4.48. The highest BCUT2D eigenvalue weighted by Gasteiger charge is 2.12. The predicted octanol–water partition coefficient (Wildman–Crippen LogP) is 2.32. The van der Waals surface area contributed by atoms with Crippen molar-refractivity contribution in [2.75, 3.05) is 11.9 Å². The fraction of sp³-hybridized carbons (Fsp3) is 0.462. The fourth-order valence-electron chi connectivity index (χ4n) is 1.83. The molecule has 2 aromatic heterocycles. The largest absolute Gasteiger partial charge is 0.368 e. The average Bonchev–Trinajstić information content (AvgIpc) is 2.78. The monoisotopic (exact) mass is 245 g/mol. The van der Waals surface area contributed by atoms with E-state index in [1.54, 1.807) is 4.68 Å². The van der Waals surface area contributed by atoms with Crippen LogP contribution >= 0.6 is 0 Å². The SMILES string of the molecule is CCCNc1nnc(-c2cnn(C)c2)c(C)c1C. The van der Waals surface area contributed by atoms with Crippen LogP contribution in [-0.2, 0) is 7.05 Å². The van der Waals surface area contributed by atoms with Gasteiger partial charge in [-0.3, -0.25) is 4.68 Å². The van der Waals surface area contributed by atoms with Crippen molar-refractivity contribution in [3.8, 4) is 11.3 Å². The Morgan fingerprint density at radius 1 is 1.22 bits per heavy atom. The molecule has 0 saturated carbocycles. The summed E-state index contributed by atoms with van der Waals surface area (Å²) in [5, 5.41) is 16.0. The summed E-state index contributed by atoms with van der Waals surface area (Å²) in [6, 6.07) is 0. The molecule has 0 aliphatic rings. The Balaban J connectivity index is 2.37. The molecule has 0 saturated heterocycles. The molecule has 1 N–H and O–H groups in total. The molecular formula is C13H19N5. The van der Waals surface area contributed by atoms with Crippen LogP contribution in [0.4, 0.5) is 5.82 Å². The molecule has 2 rings (SSSR count). The summed E-state index contributed by atoms with van der Waals surface area (Å²) < 4.78 is 1.77. The van der Waals surface area contributed by atoms with Gasteiger partial charge in [0.1, 0.15) is 0 Å². The molecule has 0 aliphatic heterocycles. The molecule has 0 unspecified atom stereocenters. The molecule has 5 nitrogen and oxygen atoms in total. The van der Waals surface area contributed by atoms with Crippen LogP contribution in [0.2, 0.25) is 0 Å². The highest BCUT2D eigenvalue weighted by atomic mass is 15.2. The van der Waals surface area contributed by atoms with E-state index < -0.39 is 0 Å². The van der Waals surface area contributed by atoms with E-state index in [2.05, 4.69) is 41.4 Å². The van der Waals surface area contributed by atoms with Crippen LogP contribution in [0.5, 0.6) is 0 Å². The molecule has 2 heterocycles. The van der Waals surface area contributed by atoms with Crippen molar-refractivity contribution in [1.29, 1.82) is 0 Å². The highest BCUT2D eigenvalue weighted by Crippen LogP contribution is 2.25. The first-order valence-electron chi connectivity index (χ1n) is 6.20. The summed E-state index contributed by atoms with van der Waals surface area (Å²) in [5.41, 5.74) is 4.21. The van der Waals surface area contributed by atoms with Gasteiger partial charge in [0.2, 0.25) is 0 Å². The zero-order chi connectivity index (χ0) is 13.1. The molecule has 0 aromatic carbocycles. The summed E-state index contributed by atoms with van der Waals surface area (Å²) in [7, 11) is 1.90. The van der Waals surface area contributed by atoms with E-state index >= 15 is 0 Å². The topological polar surface area (TPSA) is 55.6 Å². The van der Waals surface area contributed by atoms with Crippen molar-refractivity contribution in [1.82, 2.24) is 20.0 Å². The van der Waals surface area contributed by atoms with Crippen LogP contribution in [0.1, 0.15) is 24.5 Å². The molecule has 5 heteroatoms. The van der Waals surface area contributed by atoms with E-state index in [1.165, 1.54) is 0 Å². The van der Waals surface area contributed by atoms with E-state index in [-0.39, 0.29) is 0 Å². The molecule has 96 valence electrons. The second-order valence-corrected chi connectivity index (χ2v) is 4.48. The van der Waals surface area contributed by atoms with Gasteiger partial charge >= 0.3 is 0 Å². The molecule has 0 atom stereocenters. The van der Waals surface area contributed by atoms with Crippen LogP contribution in [0.25, 0.3) is 11.3 Å². The molecular weight excluding hydrogens is 226 g/mol. The number of hydrogen-bond acceptors (Lipinski definition) is 4. The van der Waals surface area contributed by atoms with E-state index in [9.17, 15) is 0 Å². The van der Waals surface area contributed by atoms with Gasteiger partial charge < -0.3 is 5.32 Å². The first-order chi connectivity index (χ1) is 8.63. The fourth-order valence-corrected chi connectivity index (χ4v) is 1.83. The number of nitrogens with zero attached hydrogens (tertiary/aromatic N) is 4. The predicted molar refractivity (Wildman–Crippen MR) is 72.5 cm³/mol. The molecule has 0 bridgehead atoms. The Hall–Kier alpha value is -1.91. The lowest BCUT2D eigenvalue weighted by Crippen LogP contribution is -2.07. The lowest BCUT2D eigenvalue weighted by molar-refractivity contribution is 0.768. The average molecular weight is 245 g/mol. The normalized spacial score (nSPS) is 10.7. The Morgan fingerprint density at radius 2 is 2.00 bits per heavy atom. The number of rotatable bonds is 4. The third kappa shape index (κ3) is 2.34. The van der Waals surface area contributed by atoms with Crippen LogP contribution in [-0.4, -0.2) is 26.5 Å². The lowest BCUT2D eigenvalue weighted by atomic mass is 10.1. The molecule has 2 aromatic rings. The number of aromatic nitrogens is 4. The van der Waals surface area contributed by atoms with Crippen LogP contribution in [0.3, 0.4) is 0 Å². The Bertz CT molecular complexity index is 544. The van der Waals surface area contributed by atoms with E-state index in [0.29, 0.717) is 0 Å². The van der Waals surface area contributed by atoms with Gasteiger partial charge in [-0.2, -0.15) is 5.10 Å². The summed E-state index contributed by atoms with van der Waals surface area (Å²) in [6.07, 6.45) is 4.84. The maximum atomic E-state index is 4.31. The van der Waals surface area contributed by atoms with Crippen LogP contribution in [0.15, 0.2) is 12.4 Å². The van der Waals surface area contributed by atoms with Gasteiger partial charge in [0.25, 0.3) is 0 Å². The van der Waals surface area contributed by atoms with Gasteiger partial charge in [-0.25, -0.2) is 0 Å². The molecule has 0 radical (unpaired) electrons. The zero-order valence-electron chi connectivity index (χ0n) is 11.4. The number of hydrogen-bond donors (Lipinski definition) is 1. The van der Waals surface area contributed by atoms with Gasteiger partial charge in [-0.1, -0.05) is 6.92 Å². The number of anilines is 1. The standard InChI is InChI=1S/C13H19N5/c1-5-6-14-13-10(3)9(2)12(16-17-13)11-7-15-18(4)8-11/h7-8H,5-6H2,1-4H3,(H,14,17).